The van der Waals surface area contributed by atoms with Gasteiger partial charge < -0.3 is 0 Å². The van der Waals surface area contributed by atoms with Crippen LogP contribution in [0.5, 0.6) is 0 Å². The zero-order valence-electron chi connectivity index (χ0n) is 12.3. The summed E-state index contributed by atoms with van der Waals surface area (Å²) in [5.74, 6) is 0.473. The lowest BCUT2D eigenvalue weighted by atomic mass is 10.1. The molecule has 0 radical (unpaired) electrons. The Morgan fingerprint density at radius 3 is 2.32 bits per heavy atom. The molecule has 1 fully saturated rings. The highest BCUT2D eigenvalue weighted by atomic mass is 32.2. The predicted molar refractivity (Wildman–Crippen MR) is 77.0 cm³/mol. The number of nitriles is 1. The van der Waals surface area contributed by atoms with E-state index in [0.29, 0.717) is 18.9 Å². The lowest BCUT2D eigenvalue weighted by Crippen LogP contribution is -2.44. The first-order chi connectivity index (χ1) is 8.93. The standard InChI is InChI=1S/C14H26N2O2S/c1-4-14(11-15)19(17,18)16(10-9-12(2)3)13-7-5-6-8-13/h12-14H,4-10H2,1-3H3. The maximum atomic E-state index is 12.6. The number of hydrogen-bond acceptors (Lipinski definition) is 3. The second-order valence-corrected chi connectivity index (χ2v) is 7.87. The van der Waals surface area contributed by atoms with Crippen LogP contribution >= 0.6 is 0 Å². The van der Waals surface area contributed by atoms with E-state index in [1.54, 1.807) is 11.2 Å². The zero-order chi connectivity index (χ0) is 14.5. The Hall–Kier alpha value is -0.600. The molecule has 1 saturated carbocycles. The molecule has 4 nitrogen and oxygen atoms in total. The van der Waals surface area contributed by atoms with Gasteiger partial charge in [-0.05, 0) is 31.6 Å². The summed E-state index contributed by atoms with van der Waals surface area (Å²) in [4.78, 5) is 0. The van der Waals surface area contributed by atoms with Crippen LogP contribution in [0.3, 0.4) is 0 Å². The Labute approximate surface area is 117 Å². The second kappa shape index (κ2) is 7.25. The van der Waals surface area contributed by atoms with E-state index >= 15 is 0 Å². The summed E-state index contributed by atoms with van der Waals surface area (Å²) in [7, 11) is -3.47. The molecule has 0 aromatic rings. The van der Waals surface area contributed by atoms with Gasteiger partial charge in [-0.15, -0.1) is 0 Å². The fraction of sp³-hybridized carbons (Fsp3) is 0.929. The summed E-state index contributed by atoms with van der Waals surface area (Å²) in [6.45, 7) is 6.52. The molecule has 0 bridgehead atoms. The van der Waals surface area contributed by atoms with E-state index in [2.05, 4.69) is 13.8 Å². The van der Waals surface area contributed by atoms with E-state index in [9.17, 15) is 8.42 Å². The van der Waals surface area contributed by atoms with Gasteiger partial charge in [0.15, 0.2) is 5.25 Å². The monoisotopic (exact) mass is 286 g/mol. The van der Waals surface area contributed by atoms with Crippen molar-refractivity contribution < 1.29 is 8.42 Å². The van der Waals surface area contributed by atoms with Crippen LogP contribution in [0.25, 0.3) is 0 Å². The fourth-order valence-corrected chi connectivity index (χ4v) is 4.49. The van der Waals surface area contributed by atoms with E-state index in [1.807, 2.05) is 6.07 Å². The fourth-order valence-electron chi connectivity index (χ4n) is 2.63. The molecule has 110 valence electrons. The van der Waals surface area contributed by atoms with Crippen molar-refractivity contribution in [2.75, 3.05) is 6.54 Å². The first-order valence-corrected chi connectivity index (χ1v) is 8.84. The summed E-state index contributed by atoms with van der Waals surface area (Å²) in [6, 6.07) is 2.07. The largest absolute Gasteiger partial charge is 0.230 e. The van der Waals surface area contributed by atoms with Gasteiger partial charge >= 0.3 is 0 Å². The molecule has 0 aromatic carbocycles. The average Bonchev–Trinajstić information content (AvgIpc) is 2.83. The second-order valence-electron chi connectivity index (χ2n) is 5.80. The third-order valence-corrected chi connectivity index (χ3v) is 6.15. The van der Waals surface area contributed by atoms with Crippen molar-refractivity contribution in [2.24, 2.45) is 5.92 Å². The van der Waals surface area contributed by atoms with E-state index in [4.69, 9.17) is 5.26 Å². The van der Waals surface area contributed by atoms with Gasteiger partial charge in [-0.25, -0.2) is 8.42 Å². The van der Waals surface area contributed by atoms with Crippen molar-refractivity contribution in [3.05, 3.63) is 0 Å². The number of sulfonamides is 1. The molecule has 19 heavy (non-hydrogen) atoms. The van der Waals surface area contributed by atoms with Crippen molar-refractivity contribution in [3.63, 3.8) is 0 Å². The van der Waals surface area contributed by atoms with Crippen LogP contribution in [-0.2, 0) is 10.0 Å². The summed E-state index contributed by atoms with van der Waals surface area (Å²) < 4.78 is 26.8. The van der Waals surface area contributed by atoms with Crippen molar-refractivity contribution >= 4 is 10.0 Å². The maximum Gasteiger partial charge on any atom is 0.230 e. The molecule has 0 saturated heterocycles. The summed E-state index contributed by atoms with van der Waals surface area (Å²) in [5.41, 5.74) is 0. The van der Waals surface area contributed by atoms with E-state index < -0.39 is 15.3 Å². The van der Waals surface area contributed by atoms with E-state index in [1.165, 1.54) is 0 Å². The summed E-state index contributed by atoms with van der Waals surface area (Å²) in [5, 5.41) is 8.19. The third kappa shape index (κ3) is 4.19. The van der Waals surface area contributed by atoms with E-state index in [0.717, 1.165) is 32.1 Å². The van der Waals surface area contributed by atoms with Crippen LogP contribution in [0.4, 0.5) is 0 Å². The van der Waals surface area contributed by atoms with Gasteiger partial charge in [-0.1, -0.05) is 33.6 Å². The Morgan fingerprint density at radius 1 is 1.32 bits per heavy atom. The third-order valence-electron chi connectivity index (χ3n) is 3.86. The number of hydrogen-bond donors (Lipinski definition) is 0. The van der Waals surface area contributed by atoms with Gasteiger partial charge in [-0.3, -0.25) is 0 Å². The van der Waals surface area contributed by atoms with Gasteiger partial charge in [0.05, 0.1) is 6.07 Å². The topological polar surface area (TPSA) is 61.2 Å². The predicted octanol–water partition coefficient (Wildman–Crippen LogP) is 2.91. The van der Waals surface area contributed by atoms with Gasteiger partial charge in [0.2, 0.25) is 10.0 Å². The minimum atomic E-state index is -3.47. The Bertz CT molecular complexity index is 406. The highest BCUT2D eigenvalue weighted by Crippen LogP contribution is 2.28. The number of rotatable bonds is 7. The van der Waals surface area contributed by atoms with Crippen LogP contribution in [0.15, 0.2) is 0 Å². The van der Waals surface area contributed by atoms with Crippen LogP contribution in [0.2, 0.25) is 0 Å². The maximum absolute atomic E-state index is 12.6. The molecule has 0 spiro atoms. The molecule has 0 aliphatic heterocycles. The Balaban J connectivity index is 2.91. The summed E-state index contributed by atoms with van der Waals surface area (Å²) >= 11 is 0. The number of nitrogens with zero attached hydrogens (tertiary/aromatic N) is 2. The lowest BCUT2D eigenvalue weighted by Gasteiger charge is -2.30. The molecule has 1 rings (SSSR count). The molecule has 0 heterocycles. The van der Waals surface area contributed by atoms with Crippen LogP contribution in [-0.4, -0.2) is 30.6 Å². The SMILES string of the molecule is CCC(C#N)S(=O)(=O)N(CCC(C)C)C1CCCC1. The van der Waals surface area contributed by atoms with Crippen LogP contribution < -0.4 is 0 Å². The van der Waals surface area contributed by atoms with Crippen molar-refractivity contribution in [3.8, 4) is 6.07 Å². The Kier molecular flexibility index (Phi) is 6.28. The molecule has 5 heteroatoms. The lowest BCUT2D eigenvalue weighted by molar-refractivity contribution is 0.302. The zero-order valence-corrected chi connectivity index (χ0v) is 13.1. The van der Waals surface area contributed by atoms with Crippen molar-refractivity contribution in [2.45, 2.75) is 70.6 Å². The molecule has 1 atom stereocenters. The normalized spacial score (nSPS) is 18.9. The Morgan fingerprint density at radius 2 is 1.89 bits per heavy atom. The first-order valence-electron chi connectivity index (χ1n) is 7.33. The van der Waals surface area contributed by atoms with Crippen LogP contribution in [0, 0.1) is 17.2 Å². The molecule has 0 aromatic heterocycles. The van der Waals surface area contributed by atoms with Crippen molar-refractivity contribution in [1.29, 1.82) is 5.26 Å². The molecule has 0 N–H and O–H groups in total. The quantitative estimate of drug-likeness (QED) is 0.723. The minimum absolute atomic E-state index is 0.117. The molecular weight excluding hydrogens is 260 g/mol. The van der Waals surface area contributed by atoms with Gasteiger partial charge in [0.1, 0.15) is 0 Å². The van der Waals surface area contributed by atoms with Gasteiger partial charge in [0, 0.05) is 12.6 Å². The smallest absolute Gasteiger partial charge is 0.211 e. The molecule has 1 aliphatic carbocycles. The van der Waals surface area contributed by atoms with Gasteiger partial charge in [0.25, 0.3) is 0 Å². The van der Waals surface area contributed by atoms with Gasteiger partial charge in [-0.2, -0.15) is 9.57 Å². The first kappa shape index (κ1) is 16.5. The van der Waals surface area contributed by atoms with Crippen LogP contribution in [0.1, 0.15) is 59.3 Å². The highest BCUT2D eigenvalue weighted by Gasteiger charge is 2.36. The average molecular weight is 286 g/mol. The highest BCUT2D eigenvalue weighted by molar-refractivity contribution is 7.90. The van der Waals surface area contributed by atoms with E-state index in [-0.39, 0.29) is 6.04 Å². The molecule has 1 unspecified atom stereocenters. The summed E-state index contributed by atoms with van der Waals surface area (Å²) in [6.07, 6.45) is 5.31. The van der Waals surface area contributed by atoms with Crippen molar-refractivity contribution in [1.82, 2.24) is 4.31 Å². The molecule has 0 amide bonds. The molecule has 1 aliphatic rings. The minimum Gasteiger partial charge on any atom is -0.211 e. The molecular formula is C14H26N2O2S.